The molecule has 92 valence electrons. The number of hydrogen-bond donors (Lipinski definition) is 0. The average molecular weight is 319 g/mol. The van der Waals surface area contributed by atoms with Gasteiger partial charge in [-0.15, -0.1) is 0 Å². The van der Waals surface area contributed by atoms with E-state index >= 15 is 0 Å². The summed E-state index contributed by atoms with van der Waals surface area (Å²) >= 11 is 5.38. The zero-order chi connectivity index (χ0) is 13.0. The normalized spacial score (nSPS) is 11.6. The molecule has 0 saturated carbocycles. The molecule has 2 rings (SSSR count). The molecule has 0 fully saturated rings. The molecule has 0 radical (unpaired) electrons. The van der Waals surface area contributed by atoms with Crippen LogP contribution in [0, 0.1) is 13.8 Å². The lowest BCUT2D eigenvalue weighted by molar-refractivity contribution is 1.38. The summed E-state index contributed by atoms with van der Waals surface area (Å²) in [6.07, 6.45) is 0. The topological polar surface area (TPSA) is 0 Å². The number of rotatable bonds is 3. The van der Waals surface area contributed by atoms with Gasteiger partial charge in [0.15, 0.2) is 0 Å². The molecule has 0 N–H and O–H groups in total. The van der Waals surface area contributed by atoms with Crippen LogP contribution in [-0.2, 0) is 0 Å². The first-order chi connectivity index (χ1) is 8.66. The first-order valence-corrected chi connectivity index (χ1v) is 7.49. The minimum Gasteiger partial charge on any atom is -0.0969 e. The van der Waals surface area contributed by atoms with Gasteiger partial charge in [0.25, 0.3) is 0 Å². The summed E-state index contributed by atoms with van der Waals surface area (Å²) in [4.78, 5) is 1.26. The summed E-state index contributed by atoms with van der Waals surface area (Å²) in [6.45, 7) is 4.23. The summed E-state index contributed by atoms with van der Waals surface area (Å²) in [7, 11) is 0. The van der Waals surface area contributed by atoms with Crippen molar-refractivity contribution in [2.24, 2.45) is 0 Å². The van der Waals surface area contributed by atoms with E-state index in [9.17, 15) is 0 Å². The molecule has 0 aliphatic heterocycles. The van der Waals surface area contributed by atoms with Crippen LogP contribution in [0.3, 0.4) is 0 Å². The van der Waals surface area contributed by atoms with Crippen molar-refractivity contribution in [3.63, 3.8) is 0 Å². The number of aryl methyl sites for hydroxylation is 2. The molecule has 2 aromatic carbocycles. The highest BCUT2D eigenvalue weighted by atomic mass is 79.9. The second-order valence-corrected chi connectivity index (χ2v) is 6.01. The van der Waals surface area contributed by atoms with Crippen molar-refractivity contribution in [1.29, 1.82) is 0 Å². The van der Waals surface area contributed by atoms with Crippen LogP contribution in [0.25, 0.3) is 4.48 Å². The first kappa shape index (κ1) is 13.4. The molecule has 0 unspecified atom stereocenters. The Kier molecular flexibility index (Phi) is 4.67. The van der Waals surface area contributed by atoms with Crippen molar-refractivity contribution >= 4 is 32.2 Å². The zero-order valence-electron chi connectivity index (χ0n) is 10.5. The van der Waals surface area contributed by atoms with E-state index in [-0.39, 0.29) is 0 Å². The second kappa shape index (κ2) is 6.26. The molecule has 0 bridgehead atoms. The Hall–Kier alpha value is -0.990. The second-order valence-electron chi connectivity index (χ2n) is 4.21. The van der Waals surface area contributed by atoms with Crippen molar-refractivity contribution in [1.82, 2.24) is 0 Å². The fourth-order valence-corrected chi connectivity index (χ4v) is 3.03. The van der Waals surface area contributed by atoms with Crippen LogP contribution in [0.15, 0.2) is 58.8 Å². The van der Waals surface area contributed by atoms with E-state index in [1.54, 1.807) is 11.8 Å². The maximum atomic E-state index is 3.65. The quantitative estimate of drug-likeness (QED) is 0.645. The van der Waals surface area contributed by atoms with E-state index in [0.717, 1.165) is 4.48 Å². The lowest BCUT2D eigenvalue weighted by atomic mass is 10.1. The van der Waals surface area contributed by atoms with Crippen LogP contribution in [0.1, 0.15) is 16.7 Å². The lowest BCUT2D eigenvalue weighted by Crippen LogP contribution is -1.81. The van der Waals surface area contributed by atoms with Crippen LogP contribution in [0.4, 0.5) is 0 Å². The fraction of sp³-hybridized carbons (Fsp3) is 0.125. The Morgan fingerprint density at radius 3 is 2.33 bits per heavy atom. The van der Waals surface area contributed by atoms with E-state index in [1.165, 1.54) is 21.6 Å². The van der Waals surface area contributed by atoms with Gasteiger partial charge in [0, 0.05) is 9.38 Å². The highest BCUT2D eigenvalue weighted by Gasteiger charge is 2.01. The van der Waals surface area contributed by atoms with Gasteiger partial charge in [-0.25, -0.2) is 0 Å². The van der Waals surface area contributed by atoms with Gasteiger partial charge < -0.3 is 0 Å². The Morgan fingerprint density at radius 1 is 1.00 bits per heavy atom. The minimum atomic E-state index is 1.13. The number of halogens is 1. The predicted octanol–water partition coefficient (Wildman–Crippen LogP) is 5.79. The molecule has 0 spiro atoms. The van der Waals surface area contributed by atoms with Gasteiger partial charge in [0.2, 0.25) is 0 Å². The number of thioether (sulfide) groups is 1. The Bertz CT molecular complexity index is 556. The third-order valence-corrected chi connectivity index (χ3v) is 4.58. The molecule has 0 amide bonds. The van der Waals surface area contributed by atoms with Gasteiger partial charge in [0.1, 0.15) is 0 Å². The Balaban J connectivity index is 2.14. The summed E-state index contributed by atoms with van der Waals surface area (Å²) in [5.41, 5.74) is 3.82. The molecular formula is C16H15BrS. The van der Waals surface area contributed by atoms with Crippen LogP contribution in [-0.4, -0.2) is 0 Å². The first-order valence-electron chi connectivity index (χ1n) is 5.82. The number of benzene rings is 2. The summed E-state index contributed by atoms with van der Waals surface area (Å²) in [5.74, 6) is 0. The predicted molar refractivity (Wildman–Crippen MR) is 85.1 cm³/mol. The third-order valence-electron chi connectivity index (χ3n) is 2.72. The van der Waals surface area contributed by atoms with Crippen molar-refractivity contribution in [3.8, 4) is 0 Å². The summed E-state index contributed by atoms with van der Waals surface area (Å²) in [6, 6.07) is 17.0. The molecule has 0 aliphatic carbocycles. The van der Waals surface area contributed by atoms with Crippen molar-refractivity contribution in [2.75, 3.05) is 0 Å². The Labute approximate surface area is 121 Å². The van der Waals surface area contributed by atoms with E-state index in [2.05, 4.69) is 83.7 Å². The summed E-state index contributed by atoms with van der Waals surface area (Å²) in [5, 5.41) is 2.15. The number of hydrogen-bond acceptors (Lipinski definition) is 1. The van der Waals surface area contributed by atoms with Crippen molar-refractivity contribution < 1.29 is 0 Å². The van der Waals surface area contributed by atoms with Gasteiger partial charge in [-0.05, 0) is 58.4 Å². The molecule has 0 aliphatic rings. The highest BCUT2D eigenvalue weighted by molar-refractivity contribution is 9.15. The van der Waals surface area contributed by atoms with Crippen LogP contribution < -0.4 is 0 Å². The molecule has 0 aromatic heterocycles. The smallest absolute Gasteiger partial charge is 0.0316 e. The van der Waals surface area contributed by atoms with Gasteiger partial charge in [-0.2, -0.15) is 0 Å². The molecule has 2 aromatic rings. The lowest BCUT2D eigenvalue weighted by Gasteiger charge is -2.04. The molecule has 18 heavy (non-hydrogen) atoms. The van der Waals surface area contributed by atoms with E-state index < -0.39 is 0 Å². The standard InChI is InChI=1S/C16H15BrS/c1-12-7-9-14(10-8-12)18-11-16(17)15-6-4-3-5-13(15)2/h3-11H,1-2H3/b16-11+. The van der Waals surface area contributed by atoms with Gasteiger partial charge in [-0.1, -0.05) is 53.7 Å². The van der Waals surface area contributed by atoms with E-state index in [1.807, 2.05) is 0 Å². The minimum absolute atomic E-state index is 1.13. The maximum Gasteiger partial charge on any atom is 0.0316 e. The van der Waals surface area contributed by atoms with Crippen LogP contribution in [0.2, 0.25) is 0 Å². The highest BCUT2D eigenvalue weighted by Crippen LogP contribution is 2.30. The average Bonchev–Trinajstić information content (AvgIpc) is 2.38. The molecule has 0 nitrogen and oxygen atoms in total. The Morgan fingerprint density at radius 2 is 1.67 bits per heavy atom. The molecule has 0 heterocycles. The SMILES string of the molecule is Cc1ccc(S/C=C(/Br)c2ccccc2C)cc1. The maximum absolute atomic E-state index is 3.65. The molecule has 2 heteroatoms. The van der Waals surface area contributed by atoms with Gasteiger partial charge >= 0.3 is 0 Å². The third kappa shape index (κ3) is 3.50. The largest absolute Gasteiger partial charge is 0.0969 e. The monoisotopic (exact) mass is 318 g/mol. The molecular weight excluding hydrogens is 304 g/mol. The van der Waals surface area contributed by atoms with Crippen molar-refractivity contribution in [3.05, 3.63) is 70.6 Å². The van der Waals surface area contributed by atoms with Gasteiger partial charge in [-0.3, -0.25) is 0 Å². The van der Waals surface area contributed by atoms with E-state index in [0.29, 0.717) is 0 Å². The summed E-state index contributed by atoms with van der Waals surface area (Å²) < 4.78 is 1.13. The van der Waals surface area contributed by atoms with Crippen LogP contribution in [0.5, 0.6) is 0 Å². The fourth-order valence-electron chi connectivity index (χ4n) is 1.64. The van der Waals surface area contributed by atoms with E-state index in [4.69, 9.17) is 0 Å². The molecule has 0 atom stereocenters. The molecule has 0 saturated heterocycles. The van der Waals surface area contributed by atoms with Crippen LogP contribution >= 0.6 is 27.7 Å². The van der Waals surface area contributed by atoms with Gasteiger partial charge in [0.05, 0.1) is 0 Å². The van der Waals surface area contributed by atoms with Crippen molar-refractivity contribution in [2.45, 2.75) is 18.7 Å². The zero-order valence-corrected chi connectivity index (χ0v) is 12.9.